The van der Waals surface area contributed by atoms with Crippen LogP contribution in [-0.4, -0.2) is 43.9 Å². The van der Waals surface area contributed by atoms with Crippen molar-refractivity contribution in [2.45, 2.75) is 24.9 Å². The highest BCUT2D eigenvalue weighted by molar-refractivity contribution is 5.95. The number of carbonyl (C=O) groups is 1. The summed E-state index contributed by atoms with van der Waals surface area (Å²) in [6.45, 7) is 1.68. The van der Waals surface area contributed by atoms with Gasteiger partial charge in [0.15, 0.2) is 11.6 Å². The Morgan fingerprint density at radius 1 is 1.06 bits per heavy atom. The number of carbonyl (C=O) groups excluding carboxylic acids is 1. The molecule has 5 rings (SSSR count). The molecule has 3 heterocycles. The number of rotatable bonds is 7. The maximum Gasteiger partial charge on any atom is 0.252 e. The van der Waals surface area contributed by atoms with Crippen molar-refractivity contribution in [3.63, 3.8) is 0 Å². The summed E-state index contributed by atoms with van der Waals surface area (Å²) < 4.78 is 7.47. The largest absolute Gasteiger partial charge is 0.381 e. The van der Waals surface area contributed by atoms with Crippen LogP contribution < -0.4 is 10.6 Å². The Labute approximate surface area is 203 Å². The number of benzene rings is 2. The van der Waals surface area contributed by atoms with E-state index in [1.165, 1.54) is 6.33 Å². The van der Waals surface area contributed by atoms with E-state index in [-0.39, 0.29) is 5.91 Å². The fraction of sp³-hybridized carbons (Fsp3) is 0.269. The van der Waals surface area contributed by atoms with Gasteiger partial charge in [0.05, 0.1) is 12.1 Å². The van der Waals surface area contributed by atoms with Crippen molar-refractivity contribution in [3.05, 3.63) is 90.1 Å². The number of hydrogen-bond donors (Lipinski definition) is 2. The van der Waals surface area contributed by atoms with Crippen LogP contribution in [0.4, 0.5) is 5.69 Å². The summed E-state index contributed by atoms with van der Waals surface area (Å²) in [5.74, 6) is 1.31. The standard InChI is InChI=1S/C26H27N7O2/c1-33-23(31-32-24(33)22-10-13-27-18-29-22)17-28-21-9-5-6-19(16-21)25(34)30-26(11-14-35-15-12-26)20-7-3-2-4-8-20/h2-10,13,16,18,28H,11-12,14-15,17H2,1H3,(H,30,34). The van der Waals surface area contributed by atoms with E-state index in [0.29, 0.717) is 36.8 Å². The first kappa shape index (κ1) is 22.7. The maximum absolute atomic E-state index is 13.3. The fourth-order valence-electron chi connectivity index (χ4n) is 4.37. The summed E-state index contributed by atoms with van der Waals surface area (Å²) in [7, 11) is 1.90. The Balaban J connectivity index is 1.29. The molecular formula is C26H27N7O2. The second-order valence-corrected chi connectivity index (χ2v) is 8.54. The van der Waals surface area contributed by atoms with Crippen LogP contribution in [-0.2, 0) is 23.9 Å². The van der Waals surface area contributed by atoms with Crippen LogP contribution >= 0.6 is 0 Å². The molecule has 0 bridgehead atoms. The zero-order valence-corrected chi connectivity index (χ0v) is 19.5. The molecule has 9 nitrogen and oxygen atoms in total. The summed E-state index contributed by atoms with van der Waals surface area (Å²) in [6, 6.07) is 19.4. The molecule has 0 radical (unpaired) electrons. The maximum atomic E-state index is 13.3. The van der Waals surface area contributed by atoms with Crippen molar-refractivity contribution in [1.82, 2.24) is 30.0 Å². The molecule has 1 aliphatic rings. The van der Waals surface area contributed by atoms with Crippen LogP contribution in [0.5, 0.6) is 0 Å². The molecule has 1 fully saturated rings. The minimum atomic E-state index is -0.434. The van der Waals surface area contributed by atoms with Gasteiger partial charge in [-0.25, -0.2) is 9.97 Å². The van der Waals surface area contributed by atoms with E-state index < -0.39 is 5.54 Å². The fourth-order valence-corrected chi connectivity index (χ4v) is 4.37. The van der Waals surface area contributed by atoms with E-state index in [1.807, 2.05) is 54.1 Å². The van der Waals surface area contributed by atoms with Crippen molar-refractivity contribution >= 4 is 11.6 Å². The van der Waals surface area contributed by atoms with Gasteiger partial charge in [-0.15, -0.1) is 10.2 Å². The van der Waals surface area contributed by atoms with Crippen molar-refractivity contribution < 1.29 is 9.53 Å². The van der Waals surface area contributed by atoms with Gasteiger partial charge in [-0.2, -0.15) is 0 Å². The van der Waals surface area contributed by atoms with Gasteiger partial charge in [0.25, 0.3) is 5.91 Å². The molecule has 2 aromatic heterocycles. The molecular weight excluding hydrogens is 442 g/mol. The smallest absolute Gasteiger partial charge is 0.252 e. The number of hydrogen-bond acceptors (Lipinski definition) is 7. The summed E-state index contributed by atoms with van der Waals surface area (Å²) in [5, 5.41) is 15.2. The van der Waals surface area contributed by atoms with Crippen LogP contribution in [0.25, 0.3) is 11.5 Å². The Morgan fingerprint density at radius 2 is 1.89 bits per heavy atom. The van der Waals surface area contributed by atoms with Gasteiger partial charge >= 0.3 is 0 Å². The third-order valence-corrected chi connectivity index (χ3v) is 6.38. The van der Waals surface area contributed by atoms with Crippen molar-refractivity contribution in [1.29, 1.82) is 0 Å². The number of amides is 1. The number of nitrogens with one attached hydrogen (secondary N) is 2. The van der Waals surface area contributed by atoms with Gasteiger partial charge < -0.3 is 19.9 Å². The van der Waals surface area contributed by atoms with Crippen molar-refractivity contribution in [2.24, 2.45) is 7.05 Å². The number of ether oxygens (including phenoxy) is 1. The predicted molar refractivity (Wildman–Crippen MR) is 131 cm³/mol. The molecule has 178 valence electrons. The molecule has 4 aromatic rings. The Bertz CT molecular complexity index is 1290. The number of aromatic nitrogens is 5. The zero-order valence-electron chi connectivity index (χ0n) is 19.5. The van der Waals surface area contributed by atoms with E-state index >= 15 is 0 Å². The third-order valence-electron chi connectivity index (χ3n) is 6.38. The highest BCUT2D eigenvalue weighted by Gasteiger charge is 2.36. The quantitative estimate of drug-likeness (QED) is 0.428. The minimum absolute atomic E-state index is 0.107. The van der Waals surface area contributed by atoms with Crippen LogP contribution in [0.3, 0.4) is 0 Å². The Morgan fingerprint density at radius 3 is 2.66 bits per heavy atom. The molecule has 0 atom stereocenters. The van der Waals surface area contributed by atoms with E-state index in [2.05, 4.69) is 42.9 Å². The monoisotopic (exact) mass is 469 g/mol. The molecule has 35 heavy (non-hydrogen) atoms. The van der Waals surface area contributed by atoms with Crippen LogP contribution in [0.15, 0.2) is 73.2 Å². The summed E-state index contributed by atoms with van der Waals surface area (Å²) >= 11 is 0. The lowest BCUT2D eigenvalue weighted by Gasteiger charge is -2.38. The molecule has 2 N–H and O–H groups in total. The van der Waals surface area contributed by atoms with Gasteiger partial charge in [-0.3, -0.25) is 4.79 Å². The average molecular weight is 470 g/mol. The highest BCUT2D eigenvalue weighted by atomic mass is 16.5. The topological polar surface area (TPSA) is 107 Å². The lowest BCUT2D eigenvalue weighted by Crippen LogP contribution is -2.49. The molecule has 0 spiro atoms. The predicted octanol–water partition coefficient (Wildman–Crippen LogP) is 3.32. The molecule has 1 saturated heterocycles. The average Bonchev–Trinajstić information content (AvgIpc) is 3.29. The molecule has 0 unspecified atom stereocenters. The van der Waals surface area contributed by atoms with Gasteiger partial charge in [0, 0.05) is 37.7 Å². The normalized spacial score (nSPS) is 14.9. The number of anilines is 1. The zero-order chi connectivity index (χ0) is 24.1. The lowest BCUT2D eigenvalue weighted by atomic mass is 9.82. The summed E-state index contributed by atoms with van der Waals surface area (Å²) in [5.41, 5.74) is 2.80. The molecule has 1 amide bonds. The van der Waals surface area contributed by atoms with E-state index in [1.54, 1.807) is 12.3 Å². The van der Waals surface area contributed by atoms with Gasteiger partial charge in [0.1, 0.15) is 12.0 Å². The second-order valence-electron chi connectivity index (χ2n) is 8.54. The SMILES string of the molecule is Cn1c(CNc2cccc(C(=O)NC3(c4ccccc4)CCOCC3)c2)nnc1-c1ccncn1. The first-order valence-electron chi connectivity index (χ1n) is 11.6. The molecule has 0 aliphatic carbocycles. The minimum Gasteiger partial charge on any atom is -0.381 e. The first-order valence-corrected chi connectivity index (χ1v) is 11.6. The van der Waals surface area contributed by atoms with Gasteiger partial charge in [-0.05, 0) is 42.7 Å². The van der Waals surface area contributed by atoms with Crippen LogP contribution in [0.1, 0.15) is 34.6 Å². The Hall–Kier alpha value is -4.11. The van der Waals surface area contributed by atoms with Gasteiger partial charge in [-0.1, -0.05) is 36.4 Å². The molecule has 1 aliphatic heterocycles. The van der Waals surface area contributed by atoms with E-state index in [4.69, 9.17) is 4.74 Å². The van der Waals surface area contributed by atoms with Crippen LogP contribution in [0.2, 0.25) is 0 Å². The number of nitrogens with zero attached hydrogens (tertiary/aromatic N) is 5. The van der Waals surface area contributed by atoms with Crippen molar-refractivity contribution in [2.75, 3.05) is 18.5 Å². The molecule has 2 aromatic carbocycles. The van der Waals surface area contributed by atoms with E-state index in [9.17, 15) is 4.79 Å². The Kier molecular flexibility index (Phi) is 6.49. The first-order chi connectivity index (χ1) is 17.1. The summed E-state index contributed by atoms with van der Waals surface area (Å²) in [6.07, 6.45) is 4.64. The summed E-state index contributed by atoms with van der Waals surface area (Å²) in [4.78, 5) is 21.5. The van der Waals surface area contributed by atoms with E-state index in [0.717, 1.165) is 29.9 Å². The third kappa shape index (κ3) is 4.90. The molecule has 0 saturated carbocycles. The lowest BCUT2D eigenvalue weighted by molar-refractivity contribution is 0.0345. The second kappa shape index (κ2) is 10.0. The van der Waals surface area contributed by atoms with Crippen molar-refractivity contribution in [3.8, 4) is 11.5 Å². The highest BCUT2D eigenvalue weighted by Crippen LogP contribution is 2.32. The van der Waals surface area contributed by atoms with Crippen LogP contribution in [0, 0.1) is 0 Å². The van der Waals surface area contributed by atoms with Gasteiger partial charge in [0.2, 0.25) is 0 Å². The molecule has 9 heteroatoms.